The Kier molecular flexibility index (Phi) is 7.07. The third-order valence-corrected chi connectivity index (χ3v) is 3.81. The van der Waals surface area contributed by atoms with Gasteiger partial charge in [0.2, 0.25) is 0 Å². The van der Waals surface area contributed by atoms with Crippen LogP contribution in [0.4, 0.5) is 4.39 Å². The van der Waals surface area contributed by atoms with Crippen LogP contribution in [0.25, 0.3) is 0 Å². The average Bonchev–Trinajstić information content (AvgIpc) is 2.39. The van der Waals surface area contributed by atoms with Crippen LogP contribution in [0.1, 0.15) is 68.2 Å². The Bertz CT molecular complexity index is 364. The highest BCUT2D eigenvalue weighted by Gasteiger charge is 2.12. The molecule has 0 aliphatic heterocycles. The van der Waals surface area contributed by atoms with E-state index in [1.54, 1.807) is 0 Å². The van der Waals surface area contributed by atoms with Gasteiger partial charge in [0.15, 0.2) is 0 Å². The Morgan fingerprint density at radius 1 is 1.05 bits per heavy atom. The van der Waals surface area contributed by atoms with Crippen molar-refractivity contribution in [1.29, 1.82) is 0 Å². The molecule has 2 heteroatoms. The number of rotatable bonds is 8. The lowest BCUT2D eigenvalue weighted by molar-refractivity contribution is 0.499. The first-order valence-electron chi connectivity index (χ1n) is 7.54. The number of hydrogen-bond donors (Lipinski definition) is 1. The van der Waals surface area contributed by atoms with Gasteiger partial charge in [-0.3, -0.25) is 0 Å². The lowest BCUT2D eigenvalue weighted by Gasteiger charge is -2.18. The topological polar surface area (TPSA) is 12.0 Å². The summed E-state index contributed by atoms with van der Waals surface area (Å²) in [5, 5.41) is 3.36. The highest BCUT2D eigenvalue weighted by atomic mass is 19.1. The van der Waals surface area contributed by atoms with Gasteiger partial charge < -0.3 is 5.32 Å². The van der Waals surface area contributed by atoms with Crippen LogP contribution in [-0.2, 0) is 0 Å². The van der Waals surface area contributed by atoms with Gasteiger partial charge in [-0.15, -0.1) is 0 Å². The minimum Gasteiger partial charge on any atom is -0.313 e. The highest BCUT2D eigenvalue weighted by Crippen LogP contribution is 2.24. The maximum atomic E-state index is 13.6. The van der Waals surface area contributed by atoms with E-state index in [1.165, 1.54) is 37.7 Å². The van der Waals surface area contributed by atoms with Gasteiger partial charge in [-0.1, -0.05) is 51.2 Å². The van der Waals surface area contributed by atoms with Crippen molar-refractivity contribution in [1.82, 2.24) is 5.32 Å². The molecule has 1 aromatic carbocycles. The number of nitrogens with one attached hydrogen (secondary N) is 1. The fourth-order valence-electron chi connectivity index (χ4n) is 2.61. The van der Waals surface area contributed by atoms with Crippen LogP contribution < -0.4 is 5.32 Å². The molecule has 0 radical (unpaired) electrons. The van der Waals surface area contributed by atoms with E-state index < -0.39 is 0 Å². The van der Waals surface area contributed by atoms with Gasteiger partial charge in [-0.25, -0.2) is 4.39 Å². The smallest absolute Gasteiger partial charge is 0.129 e. The van der Waals surface area contributed by atoms with Gasteiger partial charge in [-0.05, 0) is 44.0 Å². The zero-order valence-corrected chi connectivity index (χ0v) is 12.9. The number of aryl methyl sites for hydroxylation is 2. The summed E-state index contributed by atoms with van der Waals surface area (Å²) in [5.41, 5.74) is 2.72. The minimum atomic E-state index is -0.0680. The van der Waals surface area contributed by atoms with E-state index in [1.807, 2.05) is 33.0 Å². The molecule has 0 saturated heterocycles. The summed E-state index contributed by atoms with van der Waals surface area (Å²) in [6.45, 7) is 5.93. The summed E-state index contributed by atoms with van der Waals surface area (Å²) >= 11 is 0. The minimum absolute atomic E-state index is 0.0680. The normalized spacial score (nSPS) is 12.7. The highest BCUT2D eigenvalue weighted by molar-refractivity contribution is 5.32. The van der Waals surface area contributed by atoms with E-state index in [9.17, 15) is 4.39 Å². The van der Waals surface area contributed by atoms with E-state index in [-0.39, 0.29) is 5.82 Å². The van der Waals surface area contributed by atoms with Gasteiger partial charge in [0.05, 0.1) is 0 Å². The van der Waals surface area contributed by atoms with Crippen LogP contribution in [0.3, 0.4) is 0 Å². The maximum absolute atomic E-state index is 13.6. The van der Waals surface area contributed by atoms with Crippen LogP contribution in [0.2, 0.25) is 0 Å². The Hall–Kier alpha value is -0.890. The SMILES string of the molecule is CCCCCCCC(NC)c1cc(C)c(F)c(C)c1. The first kappa shape index (κ1) is 16.2. The average molecular weight is 265 g/mol. The van der Waals surface area contributed by atoms with E-state index >= 15 is 0 Å². The molecular formula is C17H28FN. The van der Waals surface area contributed by atoms with Crippen molar-refractivity contribution in [2.45, 2.75) is 65.3 Å². The molecular weight excluding hydrogens is 237 g/mol. The second-order valence-electron chi connectivity index (χ2n) is 5.51. The Morgan fingerprint density at radius 2 is 1.63 bits per heavy atom. The van der Waals surface area contributed by atoms with E-state index in [2.05, 4.69) is 12.2 Å². The summed E-state index contributed by atoms with van der Waals surface area (Å²) in [6, 6.07) is 4.31. The van der Waals surface area contributed by atoms with Gasteiger partial charge in [0.1, 0.15) is 5.82 Å². The van der Waals surface area contributed by atoms with Crippen molar-refractivity contribution in [3.05, 3.63) is 34.6 Å². The summed E-state index contributed by atoms with van der Waals surface area (Å²) in [4.78, 5) is 0. The fourth-order valence-corrected chi connectivity index (χ4v) is 2.61. The van der Waals surface area contributed by atoms with E-state index in [4.69, 9.17) is 0 Å². The first-order chi connectivity index (χ1) is 9.10. The molecule has 0 amide bonds. The predicted octanol–water partition coefficient (Wildman–Crippen LogP) is 5.06. The van der Waals surface area contributed by atoms with Crippen molar-refractivity contribution in [3.63, 3.8) is 0 Å². The molecule has 1 unspecified atom stereocenters. The molecule has 0 aliphatic rings. The summed E-state index contributed by atoms with van der Waals surface area (Å²) < 4.78 is 13.6. The molecule has 1 atom stereocenters. The summed E-state index contributed by atoms with van der Waals surface area (Å²) in [5.74, 6) is -0.0680. The Labute approximate surface area is 117 Å². The van der Waals surface area contributed by atoms with Crippen LogP contribution >= 0.6 is 0 Å². The molecule has 0 spiro atoms. The number of benzene rings is 1. The van der Waals surface area contributed by atoms with Crippen LogP contribution in [0.5, 0.6) is 0 Å². The Morgan fingerprint density at radius 3 is 2.16 bits per heavy atom. The van der Waals surface area contributed by atoms with Crippen LogP contribution in [0.15, 0.2) is 12.1 Å². The fraction of sp³-hybridized carbons (Fsp3) is 0.647. The number of hydrogen-bond acceptors (Lipinski definition) is 1. The van der Waals surface area contributed by atoms with Crippen molar-refractivity contribution in [2.75, 3.05) is 7.05 Å². The van der Waals surface area contributed by atoms with Gasteiger partial charge in [-0.2, -0.15) is 0 Å². The van der Waals surface area contributed by atoms with Crippen LogP contribution in [-0.4, -0.2) is 7.05 Å². The van der Waals surface area contributed by atoms with Gasteiger partial charge in [0, 0.05) is 6.04 Å². The molecule has 0 fully saturated rings. The second kappa shape index (κ2) is 8.31. The zero-order valence-electron chi connectivity index (χ0n) is 12.9. The molecule has 0 aromatic heterocycles. The van der Waals surface area contributed by atoms with Crippen molar-refractivity contribution in [3.8, 4) is 0 Å². The molecule has 1 aromatic rings. The largest absolute Gasteiger partial charge is 0.313 e. The molecule has 0 saturated carbocycles. The number of halogens is 1. The lowest BCUT2D eigenvalue weighted by Crippen LogP contribution is -2.17. The van der Waals surface area contributed by atoms with E-state index in [0.29, 0.717) is 6.04 Å². The summed E-state index contributed by atoms with van der Waals surface area (Å²) in [6.07, 6.45) is 7.61. The van der Waals surface area contributed by atoms with Gasteiger partial charge in [0.25, 0.3) is 0 Å². The van der Waals surface area contributed by atoms with Crippen molar-refractivity contribution in [2.24, 2.45) is 0 Å². The van der Waals surface area contributed by atoms with Crippen LogP contribution in [0, 0.1) is 19.7 Å². The molecule has 1 nitrogen and oxygen atoms in total. The molecule has 0 bridgehead atoms. The lowest BCUT2D eigenvalue weighted by atomic mass is 9.96. The third-order valence-electron chi connectivity index (χ3n) is 3.81. The van der Waals surface area contributed by atoms with E-state index in [0.717, 1.165) is 17.5 Å². The van der Waals surface area contributed by atoms with Crippen molar-refractivity contribution < 1.29 is 4.39 Å². The monoisotopic (exact) mass is 265 g/mol. The predicted molar refractivity (Wildman–Crippen MR) is 81.1 cm³/mol. The maximum Gasteiger partial charge on any atom is 0.129 e. The number of unbranched alkanes of at least 4 members (excludes halogenated alkanes) is 4. The molecule has 1 rings (SSSR count). The third kappa shape index (κ3) is 4.94. The molecule has 1 N–H and O–H groups in total. The first-order valence-corrected chi connectivity index (χ1v) is 7.54. The second-order valence-corrected chi connectivity index (χ2v) is 5.51. The summed E-state index contributed by atoms with van der Waals surface area (Å²) in [7, 11) is 1.99. The molecule has 19 heavy (non-hydrogen) atoms. The molecule has 0 heterocycles. The quantitative estimate of drug-likeness (QED) is 0.647. The molecule has 108 valence electrons. The zero-order chi connectivity index (χ0) is 14.3. The Balaban J connectivity index is 2.59. The standard InChI is InChI=1S/C17H28FN/c1-5-6-7-8-9-10-16(19-4)15-11-13(2)17(18)14(3)12-15/h11-12,16,19H,5-10H2,1-4H3. The van der Waals surface area contributed by atoms with Gasteiger partial charge >= 0.3 is 0 Å². The molecule has 0 aliphatic carbocycles. The van der Waals surface area contributed by atoms with Crippen molar-refractivity contribution >= 4 is 0 Å².